The van der Waals surface area contributed by atoms with Crippen LogP contribution in [0.4, 0.5) is 5.69 Å². The van der Waals surface area contributed by atoms with Crippen molar-refractivity contribution < 1.29 is 8.42 Å². The number of benzene rings is 1. The zero-order chi connectivity index (χ0) is 15.3. The minimum atomic E-state index is -3.61. The molecule has 0 amide bonds. The van der Waals surface area contributed by atoms with Gasteiger partial charge in [0.2, 0.25) is 10.0 Å². The van der Waals surface area contributed by atoms with Crippen molar-refractivity contribution in [3.05, 3.63) is 29.3 Å². The first-order valence-electron chi connectivity index (χ1n) is 6.79. The molecule has 1 aromatic carbocycles. The van der Waals surface area contributed by atoms with Gasteiger partial charge in [-0.1, -0.05) is 51.2 Å². The number of rotatable bonds is 7. The molecule has 0 aliphatic heterocycles. The molecule has 0 bridgehead atoms. The molecule has 1 aromatic rings. The van der Waals surface area contributed by atoms with E-state index in [-0.39, 0.29) is 4.99 Å². The number of anilines is 1. The summed E-state index contributed by atoms with van der Waals surface area (Å²) in [5, 5.41) is -0.841. The minimum absolute atomic E-state index is 0.00651. The Morgan fingerprint density at radius 1 is 1.25 bits per heavy atom. The second kappa shape index (κ2) is 7.04. The van der Waals surface area contributed by atoms with Crippen LogP contribution in [0.3, 0.4) is 0 Å². The van der Waals surface area contributed by atoms with Gasteiger partial charge in [0.05, 0.1) is 10.7 Å². The lowest BCUT2D eigenvalue weighted by molar-refractivity contribution is 0.594. The van der Waals surface area contributed by atoms with Crippen molar-refractivity contribution in [2.24, 2.45) is 5.73 Å². The first-order valence-corrected chi connectivity index (χ1v) is 8.74. The molecule has 3 N–H and O–H groups in total. The highest BCUT2D eigenvalue weighted by molar-refractivity contribution is 7.95. The molecule has 0 aliphatic rings. The molecule has 20 heavy (non-hydrogen) atoms. The molecular formula is C14H22N2O2S2. The molecule has 0 heterocycles. The van der Waals surface area contributed by atoms with Crippen LogP contribution in [0.5, 0.6) is 0 Å². The van der Waals surface area contributed by atoms with E-state index in [0.29, 0.717) is 12.1 Å². The van der Waals surface area contributed by atoms with Crippen LogP contribution in [0, 0.1) is 0 Å². The van der Waals surface area contributed by atoms with Gasteiger partial charge in [0.15, 0.2) is 0 Å². The van der Waals surface area contributed by atoms with Crippen molar-refractivity contribution in [1.29, 1.82) is 0 Å². The van der Waals surface area contributed by atoms with Gasteiger partial charge < -0.3 is 5.73 Å². The van der Waals surface area contributed by atoms with Crippen molar-refractivity contribution in [3.8, 4) is 0 Å². The van der Waals surface area contributed by atoms with Crippen LogP contribution in [0.1, 0.15) is 38.3 Å². The van der Waals surface area contributed by atoms with Gasteiger partial charge in [-0.3, -0.25) is 4.72 Å². The molecule has 0 radical (unpaired) electrons. The summed E-state index contributed by atoms with van der Waals surface area (Å²) >= 11 is 4.86. The number of hydrogen-bond acceptors (Lipinski definition) is 3. The predicted molar refractivity (Wildman–Crippen MR) is 88.6 cm³/mol. The molecule has 0 saturated heterocycles. The van der Waals surface area contributed by atoms with E-state index in [4.69, 9.17) is 18.0 Å². The lowest BCUT2D eigenvalue weighted by atomic mass is 10.0. The van der Waals surface area contributed by atoms with Crippen LogP contribution in [0.2, 0.25) is 0 Å². The van der Waals surface area contributed by atoms with Crippen LogP contribution < -0.4 is 10.5 Å². The zero-order valence-electron chi connectivity index (χ0n) is 12.1. The Balaban J connectivity index is 3.24. The monoisotopic (exact) mass is 314 g/mol. The summed E-state index contributed by atoms with van der Waals surface area (Å²) in [5.41, 5.74) is 8.17. The quantitative estimate of drug-likeness (QED) is 0.759. The average molecular weight is 314 g/mol. The van der Waals surface area contributed by atoms with Gasteiger partial charge in [-0.15, -0.1) is 0 Å². The van der Waals surface area contributed by atoms with Crippen LogP contribution in [0.15, 0.2) is 18.2 Å². The third-order valence-electron chi connectivity index (χ3n) is 3.31. The maximum absolute atomic E-state index is 12.4. The summed E-state index contributed by atoms with van der Waals surface area (Å²) in [7, 11) is -3.61. The minimum Gasteiger partial charge on any atom is -0.392 e. The van der Waals surface area contributed by atoms with Gasteiger partial charge >= 0.3 is 0 Å². The van der Waals surface area contributed by atoms with Gasteiger partial charge in [-0.25, -0.2) is 8.42 Å². The molecule has 0 aliphatic carbocycles. The number of hydrogen-bond donors (Lipinski definition) is 2. The highest BCUT2D eigenvalue weighted by atomic mass is 32.2. The van der Waals surface area contributed by atoms with Gasteiger partial charge in [-0.2, -0.15) is 0 Å². The Labute approximate surface area is 126 Å². The fourth-order valence-corrected chi connectivity index (χ4v) is 4.14. The molecule has 0 spiro atoms. The fourth-order valence-electron chi connectivity index (χ4n) is 2.16. The first kappa shape index (κ1) is 16.9. The molecule has 1 atom stereocenters. The Bertz CT molecular complexity index is 561. The molecular weight excluding hydrogens is 292 g/mol. The number of nitrogens with one attached hydrogen (secondary N) is 1. The van der Waals surface area contributed by atoms with E-state index in [9.17, 15) is 8.42 Å². The molecule has 0 saturated carbocycles. The van der Waals surface area contributed by atoms with Crippen molar-refractivity contribution in [1.82, 2.24) is 0 Å². The number of sulfonamides is 1. The summed E-state index contributed by atoms with van der Waals surface area (Å²) in [4.78, 5) is 0.00651. The van der Waals surface area contributed by atoms with E-state index in [0.717, 1.165) is 24.0 Å². The average Bonchev–Trinajstić information content (AvgIpc) is 2.38. The van der Waals surface area contributed by atoms with E-state index in [1.54, 1.807) is 6.92 Å². The van der Waals surface area contributed by atoms with Crippen molar-refractivity contribution >= 4 is 32.9 Å². The summed E-state index contributed by atoms with van der Waals surface area (Å²) in [6.45, 7) is 5.75. The Morgan fingerprint density at radius 2 is 1.75 bits per heavy atom. The summed E-state index contributed by atoms with van der Waals surface area (Å²) in [6.07, 6.45) is 1.88. The third kappa shape index (κ3) is 3.70. The third-order valence-corrected chi connectivity index (χ3v) is 5.56. The van der Waals surface area contributed by atoms with Crippen LogP contribution in [-0.4, -0.2) is 18.7 Å². The second-order valence-electron chi connectivity index (χ2n) is 4.60. The number of para-hydroxylation sites is 1. The van der Waals surface area contributed by atoms with Crippen LogP contribution in [0.25, 0.3) is 0 Å². The number of nitrogens with two attached hydrogens (primary N) is 1. The van der Waals surface area contributed by atoms with E-state index in [1.165, 1.54) is 0 Å². The highest BCUT2D eigenvalue weighted by Crippen LogP contribution is 2.25. The topological polar surface area (TPSA) is 72.2 Å². The zero-order valence-corrected chi connectivity index (χ0v) is 13.8. The summed E-state index contributed by atoms with van der Waals surface area (Å²) < 4.78 is 27.6. The molecule has 112 valence electrons. The number of thiocarbonyl (C=S) groups is 1. The maximum Gasteiger partial charge on any atom is 0.242 e. The SMILES string of the molecule is CCc1cccc(CC)c1NS(=O)(=O)C(CC)C(N)=S. The lowest BCUT2D eigenvalue weighted by Gasteiger charge is -2.20. The molecule has 1 unspecified atom stereocenters. The molecule has 4 nitrogen and oxygen atoms in total. The van der Waals surface area contributed by atoms with E-state index >= 15 is 0 Å². The smallest absolute Gasteiger partial charge is 0.242 e. The van der Waals surface area contributed by atoms with Crippen molar-refractivity contribution in [2.45, 2.75) is 45.3 Å². The van der Waals surface area contributed by atoms with Gasteiger partial charge in [0, 0.05) is 0 Å². The summed E-state index contributed by atoms with van der Waals surface area (Å²) in [6, 6.07) is 5.80. The molecule has 1 rings (SSSR count). The standard InChI is InChI=1S/C14H22N2O2S2/c1-4-10-8-7-9-11(5-2)13(10)16-20(17,18)12(6-3)14(15)19/h7-9,12,16H,4-6H2,1-3H3,(H2,15,19). The van der Waals surface area contributed by atoms with E-state index in [1.807, 2.05) is 32.0 Å². The summed E-state index contributed by atoms with van der Waals surface area (Å²) in [5.74, 6) is 0. The Kier molecular flexibility index (Phi) is 5.95. The number of aryl methyl sites for hydroxylation is 2. The van der Waals surface area contributed by atoms with E-state index in [2.05, 4.69) is 4.72 Å². The molecule has 0 aromatic heterocycles. The normalized spacial score (nSPS) is 12.9. The first-order chi connectivity index (χ1) is 9.37. The largest absolute Gasteiger partial charge is 0.392 e. The maximum atomic E-state index is 12.4. The van der Waals surface area contributed by atoms with Gasteiger partial charge in [-0.05, 0) is 30.4 Å². The van der Waals surface area contributed by atoms with Gasteiger partial charge in [0.25, 0.3) is 0 Å². The predicted octanol–water partition coefficient (Wildman–Crippen LogP) is 2.62. The van der Waals surface area contributed by atoms with Crippen LogP contribution >= 0.6 is 12.2 Å². The van der Waals surface area contributed by atoms with E-state index < -0.39 is 15.3 Å². The van der Waals surface area contributed by atoms with Crippen molar-refractivity contribution in [3.63, 3.8) is 0 Å². The van der Waals surface area contributed by atoms with Crippen LogP contribution in [-0.2, 0) is 22.9 Å². The van der Waals surface area contributed by atoms with Gasteiger partial charge in [0.1, 0.15) is 5.25 Å². The molecule has 0 fully saturated rings. The Hall–Kier alpha value is -1.14. The fraction of sp³-hybridized carbons (Fsp3) is 0.500. The highest BCUT2D eigenvalue weighted by Gasteiger charge is 2.27. The lowest BCUT2D eigenvalue weighted by Crippen LogP contribution is -2.38. The Morgan fingerprint density at radius 3 is 2.10 bits per heavy atom. The van der Waals surface area contributed by atoms with Crippen molar-refractivity contribution in [2.75, 3.05) is 4.72 Å². The second-order valence-corrected chi connectivity index (χ2v) is 6.94. The molecule has 6 heteroatoms.